The predicted molar refractivity (Wildman–Crippen MR) is 494 cm³/mol. The van der Waals surface area contributed by atoms with Crippen molar-refractivity contribution in [2.45, 2.75) is 234 Å². The predicted octanol–water partition coefficient (Wildman–Crippen LogP) is 23.1. The summed E-state index contributed by atoms with van der Waals surface area (Å²) in [4.78, 5) is 9.45. The molecule has 0 amide bonds. The number of aromatic hydroxyl groups is 2. The molecule has 20 heteroatoms. The average Bonchev–Trinajstić information content (AvgIpc) is 1.52. The molecule has 672 valence electrons. The number of hydrogen-bond donors (Lipinski definition) is 6. The molecule has 4 saturated carbocycles. The summed E-state index contributed by atoms with van der Waals surface area (Å²) in [7, 11) is 32.0. The van der Waals surface area contributed by atoms with E-state index in [0.717, 1.165) is 221 Å². The largest absolute Gasteiger partial charge is 0 e. The number of nitrogens with zero attached hydrogens (tertiary/aromatic N) is 4. The van der Waals surface area contributed by atoms with Crippen LogP contribution in [0.4, 0.5) is 0 Å². The van der Waals surface area contributed by atoms with Gasteiger partial charge >= 0.3 is 71.3 Å². The van der Waals surface area contributed by atoms with Crippen molar-refractivity contribution < 1.29 is 119 Å². The quantitative estimate of drug-likeness (QED) is 0.0522. The van der Waals surface area contributed by atoms with Crippen molar-refractivity contribution in [3.63, 3.8) is 0 Å². The molecule has 4 aliphatic carbocycles. The molecule has 114 heavy (non-hydrogen) atoms. The minimum absolute atomic E-state index is 0. The summed E-state index contributed by atoms with van der Waals surface area (Å²) in [6, 6.07) is 17.7. The van der Waals surface area contributed by atoms with Crippen molar-refractivity contribution in [1.82, 2.24) is 19.6 Å². The minimum Gasteiger partial charge on any atom is 0 e. The molecule has 0 unspecified atom stereocenters. The summed E-state index contributed by atoms with van der Waals surface area (Å²) >= 11 is -1.11. The summed E-state index contributed by atoms with van der Waals surface area (Å²) in [5, 5.41) is 48.1. The fraction of sp³-hybridized carbons (Fsp3) is 0.702. The maximum atomic E-state index is 10.0. The summed E-state index contributed by atoms with van der Waals surface area (Å²) < 4.78 is 0. The Morgan fingerprint density at radius 3 is 0.465 bits per heavy atom. The third-order valence-electron chi connectivity index (χ3n) is 27.0. The number of phenolic OH excluding ortho intramolecular Hbond substituents is 2. The van der Waals surface area contributed by atoms with Crippen LogP contribution in [0, 0.1) is 217 Å². The second-order valence-corrected chi connectivity index (χ2v) is 38.4. The van der Waals surface area contributed by atoms with Gasteiger partial charge in [0, 0.05) is 124 Å². The first-order valence-corrected chi connectivity index (χ1v) is 48.2. The van der Waals surface area contributed by atoms with Crippen LogP contribution in [0.5, 0.6) is 11.5 Å². The molecule has 0 aliphatic heterocycles. The van der Waals surface area contributed by atoms with Gasteiger partial charge < -0.3 is 81.1 Å². The normalized spacial score (nSPS) is 25.2. The molecule has 12 nitrogen and oxygen atoms in total. The van der Waals surface area contributed by atoms with Crippen LogP contribution >= 0.6 is 37.2 Å². The number of phenols is 2. The van der Waals surface area contributed by atoms with E-state index in [0.29, 0.717) is 11.5 Å². The van der Waals surface area contributed by atoms with Gasteiger partial charge in [0.1, 0.15) is 11.5 Å². The molecule has 4 aromatic rings. The standard InChI is InChI=1S/2C23H34N2O.4C10H20.4CH4O.4CH3.4ClH.2H2O.4Ti/c2*1-16-10-21(11-17(2)20(16)5)14-25(9-8-24(6)7)15-22-12-18(3)23(26)19(4)13-22;4*1-6-7(2)9(4)10(5)8(6)3;4*1-2;;;;;;;;;;;;;;/h2*10-13,26H,8-9,14-15H2,1-7H3;4*6-10H,1-5H3;4*2H,1H3;4*1H3;4*1H;2*1H2;;;;/q;;;;;;;;;;4*-1;;;;;;;;;2*+2/p-4. The summed E-state index contributed by atoms with van der Waals surface area (Å²) in [6.45, 7) is 76.8. The molecule has 0 atom stereocenters. The van der Waals surface area contributed by atoms with Crippen LogP contribution in [0.2, 0.25) is 0 Å². The van der Waals surface area contributed by atoms with Gasteiger partial charge in [-0.3, -0.25) is 9.80 Å². The fourth-order valence-corrected chi connectivity index (χ4v) is 16.4. The number of aliphatic hydroxyl groups is 4. The molecule has 4 aromatic carbocycles. The fourth-order valence-electron chi connectivity index (χ4n) is 16.4. The van der Waals surface area contributed by atoms with E-state index in [-0.39, 0.29) is 84.1 Å². The van der Waals surface area contributed by atoms with Gasteiger partial charge in [0.15, 0.2) is 0 Å². The van der Waals surface area contributed by atoms with E-state index in [1.807, 2.05) is 27.7 Å². The molecular weight excluding hydrogens is 1650 g/mol. The van der Waals surface area contributed by atoms with Gasteiger partial charge in [-0.15, -0.1) is 0 Å². The number of likely N-dealkylation sites (N-methyl/N-ethyl adjacent to an activating group) is 2. The summed E-state index contributed by atoms with van der Waals surface area (Å²) in [6.07, 6.45) is 0. The third-order valence-corrected chi connectivity index (χ3v) is 27.0. The van der Waals surface area contributed by atoms with Gasteiger partial charge in [-0.05, 0) is 294 Å². The van der Waals surface area contributed by atoms with E-state index in [1.165, 1.54) is 55.6 Å². The molecule has 4 aliphatic rings. The zero-order valence-electron chi connectivity index (χ0n) is 80.8. The first-order valence-electron chi connectivity index (χ1n) is 39.6. The van der Waals surface area contributed by atoms with Crippen molar-refractivity contribution in [2.24, 2.45) is 118 Å². The van der Waals surface area contributed by atoms with Crippen LogP contribution in [0.25, 0.3) is 0 Å². The van der Waals surface area contributed by atoms with Crippen LogP contribution in [0.1, 0.15) is 216 Å². The Bertz CT molecular complexity index is 2320. The Morgan fingerprint density at radius 2 is 0.360 bits per heavy atom. The topological polar surface area (TPSA) is 197 Å². The average molecular weight is 1830 g/mol. The molecule has 0 spiro atoms. The monoisotopic (exact) mass is 1830 g/mol. The van der Waals surface area contributed by atoms with Crippen molar-refractivity contribution in [3.8, 4) is 11.5 Å². The zero-order chi connectivity index (χ0) is 83.8. The minimum atomic E-state index is -0.556. The van der Waals surface area contributed by atoms with Crippen molar-refractivity contribution in [3.05, 3.63) is 156 Å². The Morgan fingerprint density at radius 1 is 0.254 bits per heavy atom. The number of hydrogen-bond acceptors (Lipinski definition) is 10. The van der Waals surface area contributed by atoms with Gasteiger partial charge in [0.25, 0.3) is 0 Å². The van der Waals surface area contributed by atoms with Gasteiger partial charge in [-0.2, -0.15) is 0 Å². The van der Waals surface area contributed by atoms with E-state index in [4.69, 9.17) is 57.6 Å². The van der Waals surface area contributed by atoms with Crippen molar-refractivity contribution >= 4 is 37.2 Å². The molecule has 0 heterocycles. The molecule has 0 radical (unpaired) electrons. The van der Waals surface area contributed by atoms with Crippen LogP contribution in [0.3, 0.4) is 0 Å². The molecule has 0 aromatic heterocycles. The smallest absolute Gasteiger partial charge is 0 e. The second kappa shape index (κ2) is 74.5. The molecule has 8 rings (SSSR count). The van der Waals surface area contributed by atoms with Crippen LogP contribution in [-0.2, 0) is 104 Å². The molecule has 4 fully saturated rings. The number of aliphatic hydroxyl groups excluding tert-OH is 4. The van der Waals surface area contributed by atoms with E-state index >= 15 is 0 Å². The van der Waals surface area contributed by atoms with Gasteiger partial charge in [0.05, 0.1) is 0 Å². The zero-order valence-corrected chi connectivity index (χ0v) is 90.1. The van der Waals surface area contributed by atoms with E-state index in [9.17, 15) is 10.2 Å². The Labute approximate surface area is 771 Å². The SMILES string of the molecule is CC1C(C)C(C)C(C)C1C.CC1C(C)C(C)C(C)C1C.CC1C(C)C(C)C(C)C1C.CC1C(C)C(C)C(C)C1C.CO.CO.CO.CO.Cc1cc(CN(CCN(C)C)Cc2cc(C)c(O)c(C)c2)cc(C)c1C.Cc1cc(CN(CCN(C)C)Cc2cc(C)c(O)c(C)c2)cc(C)c1C.O.O.[CH3-].[CH3-].[CH3-].[CH3-].[Cl][Ti][Cl].[Cl][Ti][Cl].[Ti].[Ti]. The van der Waals surface area contributed by atoms with Crippen molar-refractivity contribution in [1.29, 1.82) is 0 Å². The van der Waals surface area contributed by atoms with Crippen LogP contribution in [0.15, 0.2) is 48.5 Å². The number of benzene rings is 4. The van der Waals surface area contributed by atoms with E-state index in [2.05, 4.69) is 276 Å². The van der Waals surface area contributed by atoms with Crippen LogP contribution in [-0.4, -0.2) is 144 Å². The third kappa shape index (κ3) is 47.8. The van der Waals surface area contributed by atoms with Crippen LogP contribution < -0.4 is 0 Å². The summed E-state index contributed by atoms with van der Waals surface area (Å²) in [5.74, 6) is 19.5. The van der Waals surface area contributed by atoms with Gasteiger partial charge in [0.2, 0.25) is 0 Å². The molecular formula is C94H180Cl4N4O8Ti4-4. The Hall–Kier alpha value is 0.0971. The number of aryl methyl sites for hydroxylation is 8. The second-order valence-electron chi connectivity index (χ2n) is 33.2. The Kier molecular flexibility index (Phi) is 91.5. The first-order chi connectivity index (χ1) is 49.4. The number of halogens is 4. The van der Waals surface area contributed by atoms with Crippen molar-refractivity contribution in [2.75, 3.05) is 82.8 Å². The maximum absolute atomic E-state index is 10.0. The first kappa shape index (κ1) is 140. The molecule has 0 saturated heterocycles. The van der Waals surface area contributed by atoms with Gasteiger partial charge in [-0.25, -0.2) is 0 Å². The Balaban J connectivity index is -0.000000109. The maximum Gasteiger partial charge on any atom is 0 e. The van der Waals surface area contributed by atoms with E-state index < -0.39 is 34.1 Å². The van der Waals surface area contributed by atoms with E-state index in [1.54, 1.807) is 0 Å². The molecule has 10 N–H and O–H groups in total. The number of rotatable bonds is 14. The summed E-state index contributed by atoms with van der Waals surface area (Å²) in [5.41, 5.74) is 17.3. The van der Waals surface area contributed by atoms with Gasteiger partial charge in [-0.1, -0.05) is 187 Å². The molecule has 0 bridgehead atoms.